The number of pyridine rings is 1. The summed E-state index contributed by atoms with van der Waals surface area (Å²) < 4.78 is 38.7. The Morgan fingerprint density at radius 3 is 2.38 bits per heavy atom. The predicted octanol–water partition coefficient (Wildman–Crippen LogP) is 2.01. The van der Waals surface area contributed by atoms with Crippen molar-refractivity contribution in [3.63, 3.8) is 0 Å². The van der Waals surface area contributed by atoms with Gasteiger partial charge >= 0.3 is 18.2 Å². The van der Waals surface area contributed by atoms with Crippen molar-refractivity contribution in [2.75, 3.05) is 18.4 Å². The number of urea groups is 1. The molecule has 0 bridgehead atoms. The molecule has 24 heavy (non-hydrogen) atoms. The number of Topliss-reactive ketones (excluding diaryl/α,β-unsaturated/α-hetero) is 1. The van der Waals surface area contributed by atoms with Crippen molar-refractivity contribution in [2.24, 2.45) is 11.8 Å². The van der Waals surface area contributed by atoms with Crippen LogP contribution in [0.5, 0.6) is 0 Å². The van der Waals surface area contributed by atoms with Gasteiger partial charge in [0.1, 0.15) is 5.82 Å². The van der Waals surface area contributed by atoms with Crippen molar-refractivity contribution in [1.82, 2.24) is 9.88 Å². The topological polar surface area (TPSA) is 99.6 Å². The highest BCUT2D eigenvalue weighted by Crippen LogP contribution is 2.37. The molecule has 1 aliphatic rings. The van der Waals surface area contributed by atoms with Crippen molar-refractivity contribution in [1.29, 1.82) is 0 Å². The molecule has 0 aliphatic carbocycles. The molecule has 1 fully saturated rings. The Balaban J connectivity index is 2.07. The monoisotopic (exact) mass is 345 g/mol. The molecular formula is C14H14F3N3O4. The molecule has 1 aromatic heterocycles. The summed E-state index contributed by atoms with van der Waals surface area (Å²) in [5.41, 5.74) is 0.317. The lowest BCUT2D eigenvalue weighted by atomic mass is 9.96. The Morgan fingerprint density at radius 1 is 1.29 bits per heavy atom. The number of amides is 2. The molecular weight excluding hydrogens is 331 g/mol. The van der Waals surface area contributed by atoms with Gasteiger partial charge in [-0.2, -0.15) is 13.2 Å². The van der Waals surface area contributed by atoms with Crippen molar-refractivity contribution in [3.8, 4) is 0 Å². The summed E-state index contributed by atoms with van der Waals surface area (Å²) >= 11 is 0. The lowest BCUT2D eigenvalue weighted by molar-refractivity contribution is -0.187. The van der Waals surface area contributed by atoms with E-state index in [2.05, 4.69) is 10.3 Å². The number of halogens is 3. The maximum atomic E-state index is 12.9. The van der Waals surface area contributed by atoms with Gasteiger partial charge in [0, 0.05) is 24.8 Å². The van der Waals surface area contributed by atoms with Gasteiger partial charge in [0.2, 0.25) is 0 Å². The van der Waals surface area contributed by atoms with E-state index in [0.717, 1.165) is 4.90 Å². The van der Waals surface area contributed by atoms with Gasteiger partial charge in [-0.05, 0) is 19.1 Å². The number of hydrogen-bond donors (Lipinski definition) is 2. The molecule has 2 rings (SSSR count). The maximum Gasteiger partial charge on any atom is 0.394 e. The number of ketones is 1. The van der Waals surface area contributed by atoms with Gasteiger partial charge in [-0.15, -0.1) is 0 Å². The fourth-order valence-electron chi connectivity index (χ4n) is 2.42. The van der Waals surface area contributed by atoms with Crippen LogP contribution in [0.4, 0.5) is 23.8 Å². The van der Waals surface area contributed by atoms with Gasteiger partial charge < -0.3 is 10.0 Å². The number of nitrogens with zero attached hydrogens (tertiary/aromatic N) is 2. The van der Waals surface area contributed by atoms with E-state index in [9.17, 15) is 27.6 Å². The zero-order valence-electron chi connectivity index (χ0n) is 12.5. The summed E-state index contributed by atoms with van der Waals surface area (Å²) in [6.07, 6.45) is -3.49. The normalized spacial score (nSPS) is 20.8. The number of carbonyl (C=O) groups excluding carboxylic acids is 2. The van der Waals surface area contributed by atoms with E-state index in [0.29, 0.717) is 5.56 Å². The van der Waals surface area contributed by atoms with Crippen LogP contribution in [0.1, 0.15) is 17.3 Å². The van der Waals surface area contributed by atoms with Crippen molar-refractivity contribution >= 4 is 23.6 Å². The molecule has 1 aliphatic heterocycles. The Kier molecular flexibility index (Phi) is 4.76. The number of carboxylic acid groups (broad SMARTS) is 1. The number of hydrogen-bond acceptors (Lipinski definition) is 4. The minimum atomic E-state index is -4.71. The molecule has 130 valence electrons. The molecule has 0 saturated carbocycles. The number of carboxylic acids is 1. The Labute approximate surface area is 134 Å². The average Bonchev–Trinajstić information content (AvgIpc) is 2.93. The lowest BCUT2D eigenvalue weighted by Gasteiger charge is -2.18. The Hall–Kier alpha value is -2.65. The highest BCUT2D eigenvalue weighted by molar-refractivity contribution is 5.94. The number of carbonyl (C=O) groups is 3. The summed E-state index contributed by atoms with van der Waals surface area (Å²) in [6, 6.07) is 1.87. The van der Waals surface area contributed by atoms with Crippen LogP contribution in [0.15, 0.2) is 18.3 Å². The number of alkyl halides is 3. The summed E-state index contributed by atoms with van der Waals surface area (Å²) in [5, 5.41) is 11.2. The quantitative estimate of drug-likeness (QED) is 0.817. The third-order valence-electron chi connectivity index (χ3n) is 3.75. The first-order chi connectivity index (χ1) is 11.1. The maximum absolute atomic E-state index is 12.9. The molecule has 2 heterocycles. The molecule has 7 nitrogen and oxygen atoms in total. The van der Waals surface area contributed by atoms with Crippen LogP contribution in [0.3, 0.4) is 0 Å². The van der Waals surface area contributed by atoms with E-state index in [1.54, 1.807) is 0 Å². The first kappa shape index (κ1) is 17.7. The third kappa shape index (κ3) is 3.81. The largest absolute Gasteiger partial charge is 0.481 e. The standard InChI is InChI=1S/C14H14F3N3O4/c1-7(21)8-2-3-11(18-4-8)19-13(24)20-5-9(12(22)23)10(6-20)14(15,16)17/h2-4,9-10H,5-6H2,1H3,(H,22,23)(H,18,19,24)/t9-,10-/m1/s1. The van der Waals surface area contributed by atoms with Crippen LogP contribution in [-0.2, 0) is 4.79 Å². The number of likely N-dealkylation sites (tertiary alicyclic amines) is 1. The SMILES string of the molecule is CC(=O)c1ccc(NC(=O)N2C[C@@H](C(F)(F)F)[C@H](C(=O)O)C2)nc1. The summed E-state index contributed by atoms with van der Waals surface area (Å²) in [5.74, 6) is -5.60. The van der Waals surface area contributed by atoms with Crippen LogP contribution in [-0.4, -0.2) is 52.0 Å². The zero-order valence-corrected chi connectivity index (χ0v) is 12.5. The second kappa shape index (κ2) is 6.46. The van der Waals surface area contributed by atoms with E-state index in [1.165, 1.54) is 25.3 Å². The second-order valence-electron chi connectivity index (χ2n) is 5.42. The van der Waals surface area contributed by atoms with Crippen LogP contribution in [0.25, 0.3) is 0 Å². The minimum absolute atomic E-state index is 0.0485. The van der Waals surface area contributed by atoms with E-state index in [-0.39, 0.29) is 11.6 Å². The van der Waals surface area contributed by atoms with Gasteiger partial charge in [0.05, 0.1) is 11.8 Å². The fraction of sp³-hybridized carbons (Fsp3) is 0.429. The van der Waals surface area contributed by atoms with E-state index < -0.39 is 43.1 Å². The van der Waals surface area contributed by atoms with Gasteiger partial charge in [-0.25, -0.2) is 9.78 Å². The molecule has 0 spiro atoms. The highest BCUT2D eigenvalue weighted by Gasteiger charge is 2.53. The molecule has 10 heteroatoms. The van der Waals surface area contributed by atoms with Gasteiger partial charge in [0.25, 0.3) is 0 Å². The molecule has 2 amide bonds. The molecule has 1 aromatic rings. The minimum Gasteiger partial charge on any atom is -0.481 e. The van der Waals surface area contributed by atoms with Crippen molar-refractivity contribution < 1.29 is 32.7 Å². The molecule has 0 aromatic carbocycles. The van der Waals surface area contributed by atoms with E-state index in [1.807, 2.05) is 0 Å². The van der Waals surface area contributed by atoms with Gasteiger partial charge in [0.15, 0.2) is 5.78 Å². The third-order valence-corrected chi connectivity index (χ3v) is 3.75. The number of anilines is 1. The first-order valence-electron chi connectivity index (χ1n) is 6.92. The Bertz CT molecular complexity index is 660. The molecule has 0 unspecified atom stereocenters. The van der Waals surface area contributed by atoms with Crippen LogP contribution < -0.4 is 5.32 Å². The molecule has 1 saturated heterocycles. The van der Waals surface area contributed by atoms with Gasteiger partial charge in [-0.1, -0.05) is 0 Å². The highest BCUT2D eigenvalue weighted by atomic mass is 19.4. The second-order valence-corrected chi connectivity index (χ2v) is 5.42. The van der Waals surface area contributed by atoms with Crippen molar-refractivity contribution in [2.45, 2.75) is 13.1 Å². The Morgan fingerprint density at radius 2 is 1.96 bits per heavy atom. The fourth-order valence-corrected chi connectivity index (χ4v) is 2.42. The summed E-state index contributed by atoms with van der Waals surface area (Å²) in [7, 11) is 0. The summed E-state index contributed by atoms with van der Waals surface area (Å²) in [6.45, 7) is 0.0531. The van der Waals surface area contributed by atoms with Crippen LogP contribution >= 0.6 is 0 Å². The molecule has 2 N–H and O–H groups in total. The number of aromatic nitrogens is 1. The van der Waals surface area contributed by atoms with Crippen LogP contribution in [0.2, 0.25) is 0 Å². The number of aliphatic carboxylic acids is 1. The zero-order chi connectivity index (χ0) is 18.1. The average molecular weight is 345 g/mol. The first-order valence-corrected chi connectivity index (χ1v) is 6.92. The molecule has 2 atom stereocenters. The van der Waals surface area contributed by atoms with E-state index in [4.69, 9.17) is 5.11 Å². The number of nitrogens with one attached hydrogen (secondary N) is 1. The van der Waals surface area contributed by atoms with Crippen LogP contribution in [0, 0.1) is 11.8 Å². The number of rotatable bonds is 3. The lowest BCUT2D eigenvalue weighted by Crippen LogP contribution is -2.35. The smallest absolute Gasteiger partial charge is 0.394 e. The van der Waals surface area contributed by atoms with E-state index >= 15 is 0 Å². The summed E-state index contributed by atoms with van der Waals surface area (Å²) in [4.78, 5) is 38.7. The predicted molar refractivity (Wildman–Crippen MR) is 75.5 cm³/mol. The van der Waals surface area contributed by atoms with Crippen molar-refractivity contribution in [3.05, 3.63) is 23.9 Å². The molecule has 0 radical (unpaired) electrons. The van der Waals surface area contributed by atoms with Gasteiger partial charge in [-0.3, -0.25) is 14.9 Å².